The molecule has 0 amide bonds. The molecule has 0 aromatic heterocycles. The maximum absolute atomic E-state index is 12.5. The summed E-state index contributed by atoms with van der Waals surface area (Å²) in [6, 6.07) is 0. The fraction of sp³-hybridized carbons (Fsp3) is 0.889. The molecule has 3 nitrogen and oxygen atoms in total. The molecule has 5 rings (SSSR count). The van der Waals surface area contributed by atoms with Crippen LogP contribution in [-0.2, 0) is 14.3 Å². The standard InChI is InChI=1S/C18H26O3/c1-17(3-4-17)15(19)7-14-12-5-11-6-13(14)10-18(8-11,9-12)16(20)21-2/h11-14H,3-10H2,1-2H3. The predicted molar refractivity (Wildman–Crippen MR) is 78.5 cm³/mol. The fourth-order valence-corrected chi connectivity index (χ4v) is 5.86. The van der Waals surface area contributed by atoms with E-state index in [2.05, 4.69) is 6.92 Å². The Bertz CT molecular complexity index is 475. The summed E-state index contributed by atoms with van der Waals surface area (Å²) in [5.41, 5.74) is -0.191. The third kappa shape index (κ3) is 1.99. The molecule has 0 aromatic carbocycles. The maximum atomic E-state index is 12.5. The SMILES string of the molecule is COC(=O)C12CC3CC(C1)C(CC(=O)C1(C)CC1)C(C3)C2. The smallest absolute Gasteiger partial charge is 0.311 e. The summed E-state index contributed by atoms with van der Waals surface area (Å²) in [4.78, 5) is 24.8. The van der Waals surface area contributed by atoms with Crippen molar-refractivity contribution >= 4 is 11.8 Å². The Hall–Kier alpha value is -0.860. The third-order valence-corrected chi connectivity index (χ3v) is 7.18. The molecule has 4 bridgehead atoms. The molecule has 0 radical (unpaired) electrons. The first-order valence-corrected chi connectivity index (χ1v) is 8.57. The monoisotopic (exact) mass is 290 g/mol. The van der Waals surface area contributed by atoms with Crippen molar-refractivity contribution in [3.05, 3.63) is 0 Å². The molecule has 0 saturated heterocycles. The van der Waals surface area contributed by atoms with Crippen LogP contribution in [0.1, 0.15) is 58.3 Å². The van der Waals surface area contributed by atoms with Crippen LogP contribution in [0, 0.1) is 34.5 Å². The zero-order valence-corrected chi connectivity index (χ0v) is 13.2. The summed E-state index contributed by atoms with van der Waals surface area (Å²) in [5.74, 6) is 2.92. The highest BCUT2D eigenvalue weighted by Gasteiger charge is 2.59. The Morgan fingerprint density at radius 2 is 1.71 bits per heavy atom. The second-order valence-corrected chi connectivity index (χ2v) is 8.59. The first-order valence-electron chi connectivity index (χ1n) is 8.57. The lowest BCUT2D eigenvalue weighted by Crippen LogP contribution is -2.54. The molecule has 3 heteroatoms. The van der Waals surface area contributed by atoms with Gasteiger partial charge in [0.1, 0.15) is 5.78 Å². The Morgan fingerprint density at radius 3 is 2.24 bits per heavy atom. The van der Waals surface area contributed by atoms with Gasteiger partial charge < -0.3 is 4.74 Å². The van der Waals surface area contributed by atoms with Crippen LogP contribution in [0.3, 0.4) is 0 Å². The lowest BCUT2D eigenvalue weighted by atomic mass is 9.45. The minimum atomic E-state index is -0.200. The molecular weight excluding hydrogens is 264 g/mol. The number of ketones is 1. The number of carbonyl (C=O) groups is 2. The average molecular weight is 290 g/mol. The van der Waals surface area contributed by atoms with Crippen LogP contribution in [0.25, 0.3) is 0 Å². The van der Waals surface area contributed by atoms with Crippen molar-refractivity contribution in [3.63, 3.8) is 0 Å². The molecule has 116 valence electrons. The van der Waals surface area contributed by atoms with Crippen LogP contribution >= 0.6 is 0 Å². The number of carbonyl (C=O) groups excluding carboxylic acids is 2. The summed E-state index contributed by atoms with van der Waals surface area (Å²) in [5, 5.41) is 0. The van der Waals surface area contributed by atoms with Crippen molar-refractivity contribution in [3.8, 4) is 0 Å². The highest BCUT2D eigenvalue weighted by Crippen LogP contribution is 2.63. The number of ether oxygens (including phenoxy) is 1. The van der Waals surface area contributed by atoms with E-state index in [0.29, 0.717) is 29.5 Å². The summed E-state index contributed by atoms with van der Waals surface area (Å²) < 4.78 is 5.11. The van der Waals surface area contributed by atoms with E-state index >= 15 is 0 Å². The predicted octanol–water partition coefficient (Wildman–Crippen LogP) is 3.36. The zero-order chi connectivity index (χ0) is 14.8. The lowest BCUT2D eigenvalue weighted by molar-refractivity contribution is -0.175. The first kappa shape index (κ1) is 13.8. The minimum Gasteiger partial charge on any atom is -0.469 e. The van der Waals surface area contributed by atoms with Gasteiger partial charge in [0.2, 0.25) is 0 Å². The number of hydrogen-bond donors (Lipinski definition) is 0. The van der Waals surface area contributed by atoms with Crippen molar-refractivity contribution in [1.82, 2.24) is 0 Å². The number of esters is 1. The van der Waals surface area contributed by atoms with Gasteiger partial charge in [-0.3, -0.25) is 9.59 Å². The van der Waals surface area contributed by atoms with Gasteiger partial charge in [-0.05, 0) is 68.6 Å². The van der Waals surface area contributed by atoms with E-state index in [1.807, 2.05) is 0 Å². The van der Waals surface area contributed by atoms with Crippen molar-refractivity contribution in [2.24, 2.45) is 34.5 Å². The van der Waals surface area contributed by atoms with Gasteiger partial charge in [-0.1, -0.05) is 6.92 Å². The molecule has 2 atom stereocenters. The van der Waals surface area contributed by atoms with Gasteiger partial charge in [0.25, 0.3) is 0 Å². The molecule has 5 aliphatic carbocycles. The number of rotatable bonds is 4. The Labute approximate surface area is 126 Å². The van der Waals surface area contributed by atoms with Crippen molar-refractivity contribution in [2.75, 3.05) is 7.11 Å². The Morgan fingerprint density at radius 1 is 1.10 bits per heavy atom. The van der Waals surface area contributed by atoms with E-state index in [4.69, 9.17) is 4.74 Å². The van der Waals surface area contributed by atoms with Gasteiger partial charge in [0, 0.05) is 11.8 Å². The zero-order valence-electron chi connectivity index (χ0n) is 13.2. The van der Waals surface area contributed by atoms with Crippen LogP contribution < -0.4 is 0 Å². The van der Waals surface area contributed by atoms with Crippen molar-refractivity contribution < 1.29 is 14.3 Å². The summed E-state index contributed by atoms with van der Waals surface area (Å²) in [6.07, 6.45) is 8.41. The largest absolute Gasteiger partial charge is 0.469 e. The molecule has 5 aliphatic rings. The van der Waals surface area contributed by atoms with Gasteiger partial charge in [0.15, 0.2) is 0 Å². The molecule has 21 heavy (non-hydrogen) atoms. The van der Waals surface area contributed by atoms with Gasteiger partial charge in [-0.15, -0.1) is 0 Å². The van der Waals surface area contributed by atoms with E-state index in [9.17, 15) is 9.59 Å². The average Bonchev–Trinajstić information content (AvgIpc) is 3.20. The fourth-order valence-electron chi connectivity index (χ4n) is 5.86. The Balaban J connectivity index is 1.53. The van der Waals surface area contributed by atoms with Crippen LogP contribution in [-0.4, -0.2) is 18.9 Å². The second kappa shape index (κ2) is 4.33. The molecule has 0 spiro atoms. The number of hydrogen-bond acceptors (Lipinski definition) is 3. The lowest BCUT2D eigenvalue weighted by Gasteiger charge is -2.58. The third-order valence-electron chi connectivity index (χ3n) is 7.18. The summed E-state index contributed by atoms with van der Waals surface area (Å²) in [7, 11) is 1.52. The second-order valence-electron chi connectivity index (χ2n) is 8.59. The quantitative estimate of drug-likeness (QED) is 0.746. The highest BCUT2D eigenvalue weighted by molar-refractivity contribution is 5.87. The molecule has 5 saturated carbocycles. The van der Waals surface area contributed by atoms with Crippen LogP contribution in [0.4, 0.5) is 0 Å². The van der Waals surface area contributed by atoms with Crippen LogP contribution in [0.5, 0.6) is 0 Å². The topological polar surface area (TPSA) is 43.4 Å². The van der Waals surface area contributed by atoms with E-state index in [1.165, 1.54) is 20.0 Å². The van der Waals surface area contributed by atoms with Crippen LogP contribution in [0.2, 0.25) is 0 Å². The van der Waals surface area contributed by atoms with E-state index in [1.54, 1.807) is 0 Å². The molecule has 0 aromatic rings. The van der Waals surface area contributed by atoms with Gasteiger partial charge in [0.05, 0.1) is 12.5 Å². The Kier molecular flexibility index (Phi) is 2.84. The minimum absolute atomic E-state index is 0.00863. The van der Waals surface area contributed by atoms with E-state index in [0.717, 1.165) is 38.5 Å². The highest BCUT2D eigenvalue weighted by atomic mass is 16.5. The molecule has 0 heterocycles. The van der Waals surface area contributed by atoms with Gasteiger partial charge >= 0.3 is 5.97 Å². The summed E-state index contributed by atoms with van der Waals surface area (Å²) in [6.45, 7) is 2.13. The van der Waals surface area contributed by atoms with Gasteiger partial charge in [-0.25, -0.2) is 0 Å². The van der Waals surface area contributed by atoms with E-state index in [-0.39, 0.29) is 16.8 Å². The number of methoxy groups -OCH3 is 1. The maximum Gasteiger partial charge on any atom is 0.311 e. The van der Waals surface area contributed by atoms with Crippen LogP contribution in [0.15, 0.2) is 0 Å². The first-order chi connectivity index (χ1) is 9.96. The molecule has 0 N–H and O–H groups in total. The normalized spacial score (nSPS) is 45.4. The molecule has 0 aliphatic heterocycles. The molecule has 2 unspecified atom stereocenters. The van der Waals surface area contributed by atoms with Crippen molar-refractivity contribution in [1.29, 1.82) is 0 Å². The number of Topliss-reactive ketones (excluding diaryl/α,β-unsaturated/α-hetero) is 1. The molecule has 5 fully saturated rings. The summed E-state index contributed by atoms with van der Waals surface area (Å²) >= 11 is 0. The van der Waals surface area contributed by atoms with Crippen molar-refractivity contribution in [2.45, 2.75) is 58.3 Å². The molecular formula is C18H26O3. The van der Waals surface area contributed by atoms with E-state index < -0.39 is 0 Å². The van der Waals surface area contributed by atoms with Gasteiger partial charge in [-0.2, -0.15) is 0 Å².